The molecule has 0 radical (unpaired) electrons. The average Bonchev–Trinajstić information content (AvgIpc) is 2.82. The Morgan fingerprint density at radius 3 is 2.83 bits per heavy atom. The van der Waals surface area contributed by atoms with Crippen molar-refractivity contribution in [2.24, 2.45) is 0 Å². The molecule has 0 saturated heterocycles. The first kappa shape index (κ1) is 13.1. The summed E-state index contributed by atoms with van der Waals surface area (Å²) in [5.74, 6) is 0. The van der Waals surface area contributed by atoms with Crippen molar-refractivity contribution in [2.75, 3.05) is 25.6 Å². The van der Waals surface area contributed by atoms with Crippen molar-refractivity contribution in [1.82, 2.24) is 4.98 Å². The second kappa shape index (κ2) is 5.98. The number of benzene rings is 1. The number of thiazole rings is 1. The first-order chi connectivity index (χ1) is 8.70. The second-order valence-corrected chi connectivity index (χ2v) is 5.11. The summed E-state index contributed by atoms with van der Waals surface area (Å²) in [5, 5.41) is 6.27. The molecule has 2 aromatic rings. The monoisotopic (exact) mass is 262 g/mol. The van der Waals surface area contributed by atoms with E-state index in [0.29, 0.717) is 6.61 Å². The number of hydrogen-bond donors (Lipinski definition) is 1. The topological polar surface area (TPSA) is 34.1 Å². The molecular formula is C14H18N2OS. The number of anilines is 1. The third-order valence-electron chi connectivity index (χ3n) is 2.89. The van der Waals surface area contributed by atoms with Gasteiger partial charge in [-0.15, -0.1) is 11.3 Å². The minimum absolute atomic E-state index is 0.693. The van der Waals surface area contributed by atoms with Crippen LogP contribution in [0.3, 0.4) is 0 Å². The lowest BCUT2D eigenvalue weighted by atomic mass is 10.1. The van der Waals surface area contributed by atoms with E-state index in [1.54, 1.807) is 18.4 Å². The Balaban J connectivity index is 2.11. The summed E-state index contributed by atoms with van der Waals surface area (Å²) in [6, 6.07) is 6.45. The molecule has 4 heteroatoms. The van der Waals surface area contributed by atoms with Gasteiger partial charge in [0.15, 0.2) is 5.13 Å². The molecule has 1 heterocycles. The Morgan fingerprint density at radius 1 is 1.28 bits per heavy atom. The van der Waals surface area contributed by atoms with Gasteiger partial charge in [-0.05, 0) is 31.0 Å². The van der Waals surface area contributed by atoms with Crippen molar-refractivity contribution in [3.63, 3.8) is 0 Å². The highest BCUT2D eigenvalue weighted by Gasteiger charge is 2.05. The van der Waals surface area contributed by atoms with Gasteiger partial charge >= 0.3 is 0 Å². The van der Waals surface area contributed by atoms with E-state index in [4.69, 9.17) is 4.74 Å². The molecule has 0 amide bonds. The highest BCUT2D eigenvalue weighted by molar-refractivity contribution is 7.14. The van der Waals surface area contributed by atoms with Crippen LogP contribution in [0.5, 0.6) is 0 Å². The molecule has 1 aromatic carbocycles. The zero-order valence-electron chi connectivity index (χ0n) is 11.0. The lowest BCUT2D eigenvalue weighted by Crippen LogP contribution is -2.06. The summed E-state index contributed by atoms with van der Waals surface area (Å²) >= 11 is 1.63. The highest BCUT2D eigenvalue weighted by atomic mass is 32.1. The minimum atomic E-state index is 0.693. The zero-order chi connectivity index (χ0) is 13.0. The molecule has 96 valence electrons. The fraction of sp³-hybridized carbons (Fsp3) is 0.357. The van der Waals surface area contributed by atoms with Gasteiger partial charge in [0, 0.05) is 24.6 Å². The van der Waals surface area contributed by atoms with E-state index >= 15 is 0 Å². The van der Waals surface area contributed by atoms with Crippen LogP contribution in [0.4, 0.5) is 5.13 Å². The maximum Gasteiger partial charge on any atom is 0.183 e. The van der Waals surface area contributed by atoms with Gasteiger partial charge in [-0.25, -0.2) is 4.98 Å². The molecule has 2 rings (SSSR count). The van der Waals surface area contributed by atoms with E-state index in [-0.39, 0.29) is 0 Å². The van der Waals surface area contributed by atoms with Crippen molar-refractivity contribution in [3.8, 4) is 11.3 Å². The lowest BCUT2D eigenvalue weighted by molar-refractivity contribution is 0.211. The van der Waals surface area contributed by atoms with Gasteiger partial charge in [0.1, 0.15) is 0 Å². The number of aryl methyl sites for hydroxylation is 2. The Kier molecular flexibility index (Phi) is 4.33. The van der Waals surface area contributed by atoms with E-state index in [9.17, 15) is 0 Å². The molecule has 1 N–H and O–H groups in total. The predicted octanol–water partition coefficient (Wildman–Crippen LogP) is 3.49. The van der Waals surface area contributed by atoms with Gasteiger partial charge in [0.2, 0.25) is 0 Å². The van der Waals surface area contributed by atoms with Gasteiger partial charge in [-0.2, -0.15) is 0 Å². The van der Waals surface area contributed by atoms with Crippen LogP contribution in [0.15, 0.2) is 23.6 Å². The van der Waals surface area contributed by atoms with E-state index in [2.05, 4.69) is 47.7 Å². The van der Waals surface area contributed by atoms with Crippen LogP contribution in [-0.4, -0.2) is 25.2 Å². The van der Waals surface area contributed by atoms with Crippen LogP contribution in [0, 0.1) is 13.8 Å². The predicted molar refractivity (Wildman–Crippen MR) is 77.4 cm³/mol. The van der Waals surface area contributed by atoms with Gasteiger partial charge in [0.25, 0.3) is 0 Å². The van der Waals surface area contributed by atoms with E-state index in [0.717, 1.165) is 17.4 Å². The van der Waals surface area contributed by atoms with Crippen LogP contribution >= 0.6 is 11.3 Å². The molecule has 0 aliphatic heterocycles. The average molecular weight is 262 g/mol. The van der Waals surface area contributed by atoms with Gasteiger partial charge in [0.05, 0.1) is 12.3 Å². The molecule has 0 unspecified atom stereocenters. The summed E-state index contributed by atoms with van der Waals surface area (Å²) in [4.78, 5) is 4.57. The van der Waals surface area contributed by atoms with Crippen LogP contribution in [0.25, 0.3) is 11.3 Å². The fourth-order valence-electron chi connectivity index (χ4n) is 1.65. The largest absolute Gasteiger partial charge is 0.383 e. The van der Waals surface area contributed by atoms with Gasteiger partial charge in [-0.1, -0.05) is 12.1 Å². The van der Waals surface area contributed by atoms with E-state index < -0.39 is 0 Å². The number of nitrogens with zero attached hydrogens (tertiary/aromatic N) is 1. The number of aromatic nitrogens is 1. The first-order valence-electron chi connectivity index (χ1n) is 5.96. The van der Waals surface area contributed by atoms with Crippen molar-refractivity contribution in [3.05, 3.63) is 34.7 Å². The van der Waals surface area contributed by atoms with Gasteiger partial charge < -0.3 is 10.1 Å². The number of ether oxygens (including phenoxy) is 1. The molecular weight excluding hydrogens is 244 g/mol. The Labute approximate surface area is 112 Å². The molecule has 0 aliphatic carbocycles. The molecule has 0 spiro atoms. The summed E-state index contributed by atoms with van der Waals surface area (Å²) in [6.45, 7) is 5.73. The van der Waals surface area contributed by atoms with Gasteiger partial charge in [-0.3, -0.25) is 0 Å². The normalized spacial score (nSPS) is 10.6. The van der Waals surface area contributed by atoms with Crippen LogP contribution in [0.1, 0.15) is 11.1 Å². The fourth-order valence-corrected chi connectivity index (χ4v) is 2.40. The smallest absolute Gasteiger partial charge is 0.183 e. The molecule has 0 saturated carbocycles. The Hall–Kier alpha value is -1.39. The molecule has 0 aliphatic rings. The van der Waals surface area contributed by atoms with Crippen LogP contribution in [0.2, 0.25) is 0 Å². The highest BCUT2D eigenvalue weighted by Crippen LogP contribution is 2.26. The van der Waals surface area contributed by atoms with E-state index in [1.807, 2.05) is 0 Å². The van der Waals surface area contributed by atoms with Crippen LogP contribution in [-0.2, 0) is 4.74 Å². The first-order valence-corrected chi connectivity index (χ1v) is 6.84. The molecule has 0 fully saturated rings. The maximum absolute atomic E-state index is 5.00. The quantitative estimate of drug-likeness (QED) is 0.838. The Bertz CT molecular complexity index is 522. The third-order valence-corrected chi connectivity index (χ3v) is 3.69. The molecule has 1 aromatic heterocycles. The minimum Gasteiger partial charge on any atom is -0.383 e. The third kappa shape index (κ3) is 3.09. The molecule has 0 atom stereocenters. The second-order valence-electron chi connectivity index (χ2n) is 4.26. The standard InChI is InChI=1S/C14H18N2OS/c1-10-4-5-12(8-11(10)2)13-9-18-14(16-13)15-6-7-17-3/h4-5,8-9H,6-7H2,1-3H3,(H,15,16). The Morgan fingerprint density at radius 2 is 2.11 bits per heavy atom. The summed E-state index contributed by atoms with van der Waals surface area (Å²) in [7, 11) is 1.70. The summed E-state index contributed by atoms with van der Waals surface area (Å²) < 4.78 is 5.00. The number of rotatable bonds is 5. The van der Waals surface area contributed by atoms with Crippen molar-refractivity contribution in [1.29, 1.82) is 0 Å². The van der Waals surface area contributed by atoms with E-state index in [1.165, 1.54) is 16.7 Å². The summed E-state index contributed by atoms with van der Waals surface area (Å²) in [5.41, 5.74) is 4.82. The van der Waals surface area contributed by atoms with Crippen molar-refractivity contribution < 1.29 is 4.74 Å². The molecule has 3 nitrogen and oxygen atoms in total. The molecule has 0 bridgehead atoms. The van der Waals surface area contributed by atoms with Crippen LogP contribution < -0.4 is 5.32 Å². The van der Waals surface area contributed by atoms with Crippen molar-refractivity contribution >= 4 is 16.5 Å². The van der Waals surface area contributed by atoms with Crippen molar-refractivity contribution in [2.45, 2.75) is 13.8 Å². The summed E-state index contributed by atoms with van der Waals surface area (Å²) in [6.07, 6.45) is 0. The number of methoxy groups -OCH3 is 1. The number of hydrogen-bond acceptors (Lipinski definition) is 4. The SMILES string of the molecule is COCCNc1nc(-c2ccc(C)c(C)c2)cs1. The lowest BCUT2D eigenvalue weighted by Gasteiger charge is -2.03. The molecule has 18 heavy (non-hydrogen) atoms. The maximum atomic E-state index is 5.00. The number of nitrogens with one attached hydrogen (secondary N) is 1. The zero-order valence-corrected chi connectivity index (χ0v) is 11.8.